The second-order valence-electron chi connectivity index (χ2n) is 14.4. The quantitative estimate of drug-likeness (QED) is 0.124. The summed E-state index contributed by atoms with van der Waals surface area (Å²) in [6, 6.07) is 21.1. The Labute approximate surface area is 335 Å². The number of nitrogens with two attached hydrogens (primary N) is 1. The van der Waals surface area contributed by atoms with Gasteiger partial charge in [-0.05, 0) is 71.4 Å². The van der Waals surface area contributed by atoms with Crippen LogP contribution in [0.5, 0.6) is 23.0 Å². The lowest BCUT2D eigenvalue weighted by Crippen LogP contribution is -2.32. The molecule has 0 saturated carbocycles. The van der Waals surface area contributed by atoms with Gasteiger partial charge in [-0.15, -0.1) is 0 Å². The summed E-state index contributed by atoms with van der Waals surface area (Å²) in [5, 5.41) is 9.24. The first kappa shape index (κ1) is 38.2. The maximum absolute atomic E-state index is 13.7. The smallest absolute Gasteiger partial charge is 0.335 e. The second-order valence-corrected chi connectivity index (χ2v) is 14.4. The molecule has 0 spiro atoms. The van der Waals surface area contributed by atoms with Crippen molar-refractivity contribution in [3.05, 3.63) is 119 Å². The summed E-state index contributed by atoms with van der Waals surface area (Å²) in [4.78, 5) is 51.5. The van der Waals surface area contributed by atoms with Crippen LogP contribution in [0.15, 0.2) is 95.2 Å². The van der Waals surface area contributed by atoms with Gasteiger partial charge in [0.25, 0.3) is 11.8 Å². The van der Waals surface area contributed by atoms with Crippen LogP contribution in [-0.2, 0) is 6.54 Å². The molecule has 4 aliphatic heterocycles. The minimum Gasteiger partial charge on any atom is -0.493 e. The van der Waals surface area contributed by atoms with Gasteiger partial charge in [0.2, 0.25) is 0 Å². The van der Waals surface area contributed by atoms with Crippen molar-refractivity contribution in [3.63, 3.8) is 0 Å². The molecule has 13 nitrogen and oxygen atoms in total. The van der Waals surface area contributed by atoms with Crippen molar-refractivity contribution in [1.29, 1.82) is 0 Å². The number of carbonyl (C=O) groups excluding carboxylic acids is 2. The zero-order chi connectivity index (χ0) is 40.3. The summed E-state index contributed by atoms with van der Waals surface area (Å²) in [5.41, 5.74) is 12.8. The van der Waals surface area contributed by atoms with Gasteiger partial charge < -0.3 is 39.6 Å². The number of carbonyl (C=O) groups is 3. The van der Waals surface area contributed by atoms with E-state index in [1.54, 1.807) is 71.7 Å². The molecule has 4 aromatic rings. The van der Waals surface area contributed by atoms with E-state index in [-0.39, 0.29) is 29.5 Å². The first-order valence-corrected chi connectivity index (χ1v) is 19.2. The van der Waals surface area contributed by atoms with Gasteiger partial charge in [-0.3, -0.25) is 19.6 Å². The summed E-state index contributed by atoms with van der Waals surface area (Å²) in [6.45, 7) is 1.32. The maximum Gasteiger partial charge on any atom is 0.335 e. The van der Waals surface area contributed by atoms with E-state index in [9.17, 15) is 19.5 Å². The molecule has 0 aromatic heterocycles. The fourth-order valence-electron chi connectivity index (χ4n) is 7.57. The van der Waals surface area contributed by atoms with E-state index in [4.69, 9.17) is 29.7 Å². The molecule has 4 aliphatic rings. The topological polar surface area (TPSA) is 166 Å². The fraction of sp³-hybridized carbons (Fsp3) is 0.267. The van der Waals surface area contributed by atoms with Crippen LogP contribution >= 0.6 is 0 Å². The molecule has 0 bridgehead atoms. The van der Waals surface area contributed by atoms with Gasteiger partial charge in [0.15, 0.2) is 23.0 Å². The Morgan fingerprint density at radius 2 is 1.16 bits per heavy atom. The molecule has 58 heavy (non-hydrogen) atoms. The van der Waals surface area contributed by atoms with Gasteiger partial charge in [-0.2, -0.15) is 0 Å². The molecule has 3 N–H and O–H groups in total. The number of fused-ring (bicyclic) bond motifs is 4. The van der Waals surface area contributed by atoms with E-state index in [0.717, 1.165) is 47.1 Å². The van der Waals surface area contributed by atoms with E-state index < -0.39 is 5.97 Å². The number of rotatable bonds is 14. The molecule has 0 radical (unpaired) electrons. The Kier molecular flexibility index (Phi) is 10.8. The standard InChI is InChI=1S/C45H43N5O8/c1-55-39-18-35-37(47-23-33-16-31(25-49(33)43(35)51)28-8-6-27(22-46)7-9-28)20-41(39)57-14-4-3-5-15-58-42-21-38-36(19-40(42)56-2)44(52)50-26-32(17-34(50)24-48-38)29-10-12-30(13-11-29)45(53)54/h6-13,18-21,23-26,33-34H,3-5,14-17,22,46H2,1-2H3,(H,53,54)/t33-,34-/m0/s1. The van der Waals surface area contributed by atoms with E-state index in [1.165, 1.54) is 7.11 Å². The minimum absolute atomic E-state index is 0.143. The number of carboxylic acids is 1. The van der Waals surface area contributed by atoms with Gasteiger partial charge >= 0.3 is 5.97 Å². The number of unbranched alkanes of at least 4 members (excludes halogenated alkanes) is 2. The lowest BCUT2D eigenvalue weighted by molar-refractivity contribution is 0.0695. The number of ether oxygens (including phenoxy) is 4. The molecule has 4 aromatic carbocycles. The molecule has 2 atom stereocenters. The highest BCUT2D eigenvalue weighted by Gasteiger charge is 2.35. The third-order valence-corrected chi connectivity index (χ3v) is 10.8. The second kappa shape index (κ2) is 16.4. The first-order chi connectivity index (χ1) is 28.2. The highest BCUT2D eigenvalue weighted by Crippen LogP contribution is 2.42. The summed E-state index contributed by atoms with van der Waals surface area (Å²) in [5.74, 6) is 0.576. The molecule has 8 rings (SSSR count). The zero-order valence-electron chi connectivity index (χ0n) is 32.2. The van der Waals surface area contributed by atoms with Crippen molar-refractivity contribution in [2.75, 3.05) is 27.4 Å². The summed E-state index contributed by atoms with van der Waals surface area (Å²) < 4.78 is 23.5. The number of nitrogens with zero attached hydrogens (tertiary/aromatic N) is 4. The largest absolute Gasteiger partial charge is 0.493 e. The van der Waals surface area contributed by atoms with Crippen LogP contribution in [0.4, 0.5) is 11.4 Å². The minimum atomic E-state index is -0.988. The lowest BCUT2D eigenvalue weighted by atomic mass is 10.0. The molecule has 4 heterocycles. The van der Waals surface area contributed by atoms with Crippen LogP contribution in [0.1, 0.15) is 79.9 Å². The molecule has 0 saturated heterocycles. The SMILES string of the molecule is COc1cc2c(cc1OCCCCCOc1cc3c(cc1OC)C(=O)N1C=C(c4ccc(C(=O)O)cc4)C[C@H]1C=N3)N=C[C@@H]1CC(c3ccc(CN)cc3)=CN1C2=O. The van der Waals surface area contributed by atoms with Crippen LogP contribution in [0.3, 0.4) is 0 Å². The van der Waals surface area contributed by atoms with Crippen molar-refractivity contribution >= 4 is 52.7 Å². The average Bonchev–Trinajstić information content (AvgIpc) is 3.83. The Hall–Kier alpha value is -6.73. The predicted octanol–water partition coefficient (Wildman–Crippen LogP) is 7.43. The lowest BCUT2D eigenvalue weighted by Gasteiger charge is -2.19. The van der Waals surface area contributed by atoms with Gasteiger partial charge in [0.1, 0.15) is 0 Å². The number of methoxy groups -OCH3 is 2. The van der Waals surface area contributed by atoms with Crippen LogP contribution in [-0.4, -0.2) is 84.6 Å². The highest BCUT2D eigenvalue weighted by molar-refractivity contribution is 6.06. The molecule has 0 unspecified atom stereocenters. The van der Waals surface area contributed by atoms with Crippen LogP contribution < -0.4 is 24.7 Å². The number of hydrogen-bond donors (Lipinski definition) is 2. The number of hydrogen-bond acceptors (Lipinski definition) is 10. The van der Waals surface area contributed by atoms with E-state index >= 15 is 0 Å². The molecule has 296 valence electrons. The van der Waals surface area contributed by atoms with Crippen molar-refractivity contribution in [1.82, 2.24) is 9.80 Å². The normalized spacial score (nSPS) is 17.7. The van der Waals surface area contributed by atoms with Crippen molar-refractivity contribution in [3.8, 4) is 23.0 Å². The Morgan fingerprint density at radius 3 is 1.59 bits per heavy atom. The number of amides is 2. The van der Waals surface area contributed by atoms with Crippen molar-refractivity contribution < 1.29 is 38.4 Å². The molecular weight excluding hydrogens is 739 g/mol. The molecule has 13 heteroatoms. The Bertz CT molecular complexity index is 2390. The molecule has 0 aliphatic carbocycles. The monoisotopic (exact) mass is 781 g/mol. The first-order valence-electron chi connectivity index (χ1n) is 19.2. The van der Waals surface area contributed by atoms with Crippen LogP contribution in [0.25, 0.3) is 11.1 Å². The number of aromatic carboxylic acids is 1. The maximum atomic E-state index is 13.7. The summed E-state index contributed by atoms with van der Waals surface area (Å²) >= 11 is 0. The fourth-order valence-corrected chi connectivity index (χ4v) is 7.57. The van der Waals surface area contributed by atoms with E-state index in [0.29, 0.717) is 78.1 Å². The van der Waals surface area contributed by atoms with E-state index in [1.807, 2.05) is 42.9 Å². The predicted molar refractivity (Wildman–Crippen MR) is 220 cm³/mol. The Balaban J connectivity index is 0.846. The van der Waals surface area contributed by atoms with Gasteiger partial charge in [0, 0.05) is 56.3 Å². The molecular formula is C45H43N5O8. The van der Waals surface area contributed by atoms with Crippen molar-refractivity contribution in [2.45, 2.75) is 50.7 Å². The van der Waals surface area contributed by atoms with E-state index in [2.05, 4.69) is 4.99 Å². The van der Waals surface area contributed by atoms with Gasteiger partial charge in [0.05, 0.1) is 67.6 Å². The third kappa shape index (κ3) is 7.55. The Morgan fingerprint density at radius 1 is 0.690 bits per heavy atom. The highest BCUT2D eigenvalue weighted by atomic mass is 16.5. The number of aliphatic imine (C=N–C) groups is 2. The number of benzene rings is 4. The number of carboxylic acid groups (broad SMARTS) is 1. The zero-order valence-corrected chi connectivity index (χ0v) is 32.2. The van der Waals surface area contributed by atoms with Crippen molar-refractivity contribution in [2.24, 2.45) is 15.7 Å². The van der Waals surface area contributed by atoms with Gasteiger partial charge in [-0.25, -0.2) is 4.79 Å². The summed E-state index contributed by atoms with van der Waals surface area (Å²) in [7, 11) is 3.09. The van der Waals surface area contributed by atoms with Crippen LogP contribution in [0, 0.1) is 0 Å². The summed E-state index contributed by atoms with van der Waals surface area (Å²) in [6.07, 6.45) is 10.8. The molecule has 2 amide bonds. The van der Waals surface area contributed by atoms with Gasteiger partial charge in [-0.1, -0.05) is 36.4 Å². The average molecular weight is 782 g/mol. The third-order valence-electron chi connectivity index (χ3n) is 10.8. The van der Waals surface area contributed by atoms with Crippen LogP contribution in [0.2, 0.25) is 0 Å². The molecule has 0 fully saturated rings.